The number of carbonyl (C=O) groups excluding carboxylic acids is 4. The van der Waals surface area contributed by atoms with E-state index in [-0.39, 0.29) is 18.4 Å². The highest BCUT2D eigenvalue weighted by Crippen LogP contribution is 2.57. The maximum atomic E-state index is 12.8. The summed E-state index contributed by atoms with van der Waals surface area (Å²) in [5.41, 5.74) is -5.85. The first-order chi connectivity index (χ1) is 17.6. The molecule has 2 aliphatic carbocycles. The minimum atomic E-state index is -2.32. The molecule has 12 nitrogen and oxygen atoms in total. The van der Waals surface area contributed by atoms with E-state index in [0.29, 0.717) is 0 Å². The van der Waals surface area contributed by atoms with E-state index >= 15 is 0 Å². The van der Waals surface area contributed by atoms with Crippen LogP contribution in [0.2, 0.25) is 0 Å². The lowest BCUT2D eigenvalue weighted by Crippen LogP contribution is -2.72. The number of rotatable bonds is 5. The van der Waals surface area contributed by atoms with E-state index in [1.165, 1.54) is 39.0 Å². The number of esters is 4. The minimum Gasteiger partial charge on any atom is -0.462 e. The van der Waals surface area contributed by atoms with Crippen LogP contribution in [0.25, 0.3) is 0 Å². The van der Waals surface area contributed by atoms with Crippen LogP contribution < -0.4 is 0 Å². The Morgan fingerprint density at radius 3 is 2.18 bits per heavy atom. The largest absolute Gasteiger partial charge is 0.462 e. The Morgan fingerprint density at radius 2 is 1.66 bits per heavy atom. The van der Waals surface area contributed by atoms with Crippen LogP contribution in [0.1, 0.15) is 47.5 Å². The topological polar surface area (TPSA) is 186 Å². The second-order valence-corrected chi connectivity index (χ2v) is 10.5. The van der Waals surface area contributed by atoms with Crippen molar-refractivity contribution in [3.63, 3.8) is 0 Å². The first-order valence-corrected chi connectivity index (χ1v) is 12.4. The summed E-state index contributed by atoms with van der Waals surface area (Å²) in [6.07, 6.45) is -1.58. The van der Waals surface area contributed by atoms with Crippen molar-refractivity contribution < 1.29 is 58.6 Å². The van der Waals surface area contributed by atoms with Crippen molar-refractivity contribution in [3.8, 4) is 0 Å². The van der Waals surface area contributed by atoms with Crippen molar-refractivity contribution in [2.24, 2.45) is 17.3 Å². The molecule has 1 saturated heterocycles. The van der Waals surface area contributed by atoms with Crippen LogP contribution in [0.5, 0.6) is 0 Å². The molecular formula is C26H36O12. The van der Waals surface area contributed by atoms with Gasteiger partial charge in [0.2, 0.25) is 0 Å². The average Bonchev–Trinajstić information content (AvgIpc) is 3.04. The van der Waals surface area contributed by atoms with E-state index in [9.17, 15) is 39.6 Å². The van der Waals surface area contributed by atoms with Crippen molar-refractivity contribution in [3.05, 3.63) is 23.8 Å². The molecule has 0 aromatic rings. The highest BCUT2D eigenvalue weighted by molar-refractivity contribution is 5.78. The standard InChI is InChI=1S/C26H36O12/c1-13-23(32)38-20-10-17(11-27)6-7-18(35-14(2)29)24(5)19(36-15(3)30)8-9-25(33,12-28)21(24)22(26(13,20)34)37-16(4)31/h6-7,10,13,18-22,27-28,33-34H,8-9,11-12H2,1-5H3/b7-6-,17-10+/t13-,18-,19-,20-,21+,22-,24-,25?,26-/m0/s1. The highest BCUT2D eigenvalue weighted by atomic mass is 16.6. The Kier molecular flexibility index (Phi) is 8.42. The molecule has 0 radical (unpaired) electrons. The summed E-state index contributed by atoms with van der Waals surface area (Å²) in [6, 6.07) is 0. The third-order valence-corrected chi connectivity index (χ3v) is 8.10. The fourth-order valence-corrected chi connectivity index (χ4v) is 6.22. The van der Waals surface area contributed by atoms with Crippen LogP contribution in [0.4, 0.5) is 0 Å². The maximum Gasteiger partial charge on any atom is 0.312 e. The van der Waals surface area contributed by atoms with Gasteiger partial charge in [-0.3, -0.25) is 19.2 Å². The lowest BCUT2D eigenvalue weighted by atomic mass is 9.52. The molecule has 1 saturated carbocycles. The van der Waals surface area contributed by atoms with Gasteiger partial charge in [0, 0.05) is 26.7 Å². The quantitative estimate of drug-likeness (QED) is 0.264. The predicted octanol–water partition coefficient (Wildman–Crippen LogP) is -0.298. The fourth-order valence-electron chi connectivity index (χ4n) is 6.22. The zero-order valence-corrected chi connectivity index (χ0v) is 22.1. The molecule has 1 heterocycles. The molecule has 0 aromatic carbocycles. The predicted molar refractivity (Wildman–Crippen MR) is 128 cm³/mol. The number of aliphatic hydroxyl groups is 4. The summed E-state index contributed by atoms with van der Waals surface area (Å²) in [5, 5.41) is 44.5. The van der Waals surface area contributed by atoms with Gasteiger partial charge in [0.25, 0.3) is 0 Å². The molecule has 3 rings (SSSR count). The Morgan fingerprint density at radius 1 is 1.05 bits per heavy atom. The number of fused-ring (bicyclic) bond motifs is 2. The fraction of sp³-hybridized carbons (Fsp3) is 0.692. The van der Waals surface area contributed by atoms with Crippen LogP contribution in [0.3, 0.4) is 0 Å². The van der Waals surface area contributed by atoms with Crippen molar-refractivity contribution in [1.29, 1.82) is 0 Å². The third-order valence-electron chi connectivity index (χ3n) is 8.10. The summed E-state index contributed by atoms with van der Waals surface area (Å²) in [6.45, 7) is 4.84. The van der Waals surface area contributed by atoms with E-state index in [0.717, 1.165) is 13.8 Å². The molecular weight excluding hydrogens is 504 g/mol. The van der Waals surface area contributed by atoms with Gasteiger partial charge >= 0.3 is 23.9 Å². The Hall–Kier alpha value is -2.80. The van der Waals surface area contributed by atoms with Gasteiger partial charge < -0.3 is 39.4 Å². The smallest absolute Gasteiger partial charge is 0.312 e. The lowest BCUT2D eigenvalue weighted by molar-refractivity contribution is -0.271. The molecule has 0 amide bonds. The van der Waals surface area contributed by atoms with Gasteiger partial charge in [0.1, 0.15) is 18.3 Å². The summed E-state index contributed by atoms with van der Waals surface area (Å²) in [7, 11) is 0. The molecule has 9 atom stereocenters. The Bertz CT molecular complexity index is 1040. The summed E-state index contributed by atoms with van der Waals surface area (Å²) in [5.74, 6) is -5.90. The molecule has 0 bridgehead atoms. The van der Waals surface area contributed by atoms with Crippen LogP contribution in [-0.2, 0) is 38.1 Å². The molecule has 1 aliphatic heterocycles. The van der Waals surface area contributed by atoms with Gasteiger partial charge in [-0.15, -0.1) is 0 Å². The molecule has 212 valence electrons. The zero-order valence-electron chi connectivity index (χ0n) is 22.1. The normalized spacial score (nSPS) is 42.9. The zero-order chi connectivity index (χ0) is 28.6. The molecule has 1 unspecified atom stereocenters. The second-order valence-electron chi connectivity index (χ2n) is 10.5. The highest BCUT2D eigenvalue weighted by Gasteiger charge is 2.71. The molecule has 0 aromatic heterocycles. The van der Waals surface area contributed by atoms with Gasteiger partial charge in [-0.1, -0.05) is 13.0 Å². The third kappa shape index (κ3) is 4.97. The molecule has 4 N–H and O–H groups in total. The Labute approximate surface area is 220 Å². The first-order valence-electron chi connectivity index (χ1n) is 12.4. The van der Waals surface area contributed by atoms with Gasteiger partial charge in [0.05, 0.1) is 30.1 Å². The van der Waals surface area contributed by atoms with Gasteiger partial charge in [-0.25, -0.2) is 0 Å². The van der Waals surface area contributed by atoms with Gasteiger partial charge in [-0.2, -0.15) is 0 Å². The molecule has 12 heteroatoms. The van der Waals surface area contributed by atoms with E-state index in [1.807, 2.05) is 0 Å². The minimum absolute atomic E-state index is 0.0115. The molecule has 2 fully saturated rings. The summed E-state index contributed by atoms with van der Waals surface area (Å²) < 4.78 is 22.4. The molecule has 3 aliphatic rings. The van der Waals surface area contributed by atoms with Gasteiger partial charge in [0.15, 0.2) is 11.7 Å². The van der Waals surface area contributed by atoms with Crippen LogP contribution in [0, 0.1) is 17.3 Å². The molecule has 0 spiro atoms. The number of ether oxygens (including phenoxy) is 4. The second kappa shape index (κ2) is 10.8. The number of aliphatic hydroxyl groups excluding tert-OH is 2. The van der Waals surface area contributed by atoms with Crippen molar-refractivity contribution in [2.45, 2.75) is 83.1 Å². The SMILES string of the molecule is CC(=O)O[C@H]1/C=C\C(CO)=C/[C@@H]2OC(=O)[C@H](C)[C@@]2(O)[C@@H](OC(C)=O)[C@H]2C(O)(CO)CC[C@H](OC(C)=O)[C@]12C. The Balaban J connectivity index is 2.46. The van der Waals surface area contributed by atoms with Crippen molar-refractivity contribution in [1.82, 2.24) is 0 Å². The van der Waals surface area contributed by atoms with Crippen molar-refractivity contribution >= 4 is 23.9 Å². The average molecular weight is 541 g/mol. The number of hydrogen-bond acceptors (Lipinski definition) is 12. The van der Waals surface area contributed by atoms with E-state index in [1.54, 1.807) is 0 Å². The van der Waals surface area contributed by atoms with Crippen LogP contribution >= 0.6 is 0 Å². The van der Waals surface area contributed by atoms with Crippen molar-refractivity contribution in [2.75, 3.05) is 13.2 Å². The molecule has 38 heavy (non-hydrogen) atoms. The van der Waals surface area contributed by atoms with E-state index in [4.69, 9.17) is 18.9 Å². The number of hydrogen-bond donors (Lipinski definition) is 4. The van der Waals surface area contributed by atoms with Crippen LogP contribution in [0.15, 0.2) is 23.8 Å². The van der Waals surface area contributed by atoms with Crippen LogP contribution in [-0.4, -0.2) is 93.1 Å². The van der Waals surface area contributed by atoms with E-state index < -0.39 is 90.0 Å². The van der Waals surface area contributed by atoms with Gasteiger partial charge in [-0.05, 0) is 37.5 Å². The monoisotopic (exact) mass is 540 g/mol. The lowest BCUT2D eigenvalue weighted by Gasteiger charge is -2.59. The summed E-state index contributed by atoms with van der Waals surface area (Å²) >= 11 is 0. The summed E-state index contributed by atoms with van der Waals surface area (Å²) in [4.78, 5) is 49.6. The van der Waals surface area contributed by atoms with E-state index in [2.05, 4.69) is 0 Å². The maximum absolute atomic E-state index is 12.8. The number of carbonyl (C=O) groups is 4. The first kappa shape index (κ1) is 29.8.